The first-order valence-corrected chi connectivity index (χ1v) is 6.38. The Hall–Kier alpha value is -0.670. The predicted molar refractivity (Wildman–Crippen MR) is 63.8 cm³/mol. The lowest BCUT2D eigenvalue weighted by Gasteiger charge is -2.18. The van der Waals surface area contributed by atoms with Crippen molar-refractivity contribution in [1.29, 1.82) is 0 Å². The van der Waals surface area contributed by atoms with Crippen LogP contribution in [0.2, 0.25) is 5.15 Å². The number of halogens is 1. The topological polar surface area (TPSA) is 25.8 Å². The summed E-state index contributed by atoms with van der Waals surface area (Å²) in [5.74, 6) is 0.603. The summed E-state index contributed by atoms with van der Waals surface area (Å²) in [4.78, 5) is 10.9. The first kappa shape index (κ1) is 9.55. The summed E-state index contributed by atoms with van der Waals surface area (Å²) in [6, 6.07) is 0. The molecule has 1 unspecified atom stereocenters. The fraction of sp³-hybridized carbons (Fsp3) is 0.455. The Morgan fingerprint density at radius 1 is 1.47 bits per heavy atom. The average Bonchev–Trinajstić information content (AvgIpc) is 2.58. The fourth-order valence-corrected chi connectivity index (χ4v) is 3.98. The van der Waals surface area contributed by atoms with E-state index in [0.29, 0.717) is 11.1 Å². The van der Waals surface area contributed by atoms with Crippen molar-refractivity contribution in [3.63, 3.8) is 0 Å². The second-order valence-electron chi connectivity index (χ2n) is 4.08. The molecule has 3 rings (SSSR count). The highest BCUT2D eigenvalue weighted by molar-refractivity contribution is 7.19. The lowest BCUT2D eigenvalue weighted by Crippen LogP contribution is -2.03. The van der Waals surface area contributed by atoms with Crippen LogP contribution in [0.5, 0.6) is 0 Å². The van der Waals surface area contributed by atoms with Gasteiger partial charge in [-0.25, -0.2) is 9.97 Å². The second-order valence-corrected chi connectivity index (χ2v) is 5.52. The highest BCUT2D eigenvalue weighted by Crippen LogP contribution is 2.43. The van der Waals surface area contributed by atoms with Gasteiger partial charge in [0, 0.05) is 4.88 Å². The molecule has 1 atom stereocenters. The van der Waals surface area contributed by atoms with Crippen molar-refractivity contribution in [2.45, 2.75) is 32.1 Å². The van der Waals surface area contributed by atoms with Gasteiger partial charge in [-0.1, -0.05) is 18.5 Å². The molecule has 0 N–H and O–H groups in total. The quantitative estimate of drug-likeness (QED) is 0.653. The van der Waals surface area contributed by atoms with Gasteiger partial charge in [-0.3, -0.25) is 0 Å². The Morgan fingerprint density at radius 2 is 2.33 bits per heavy atom. The minimum Gasteiger partial charge on any atom is -0.225 e. The van der Waals surface area contributed by atoms with Crippen molar-refractivity contribution in [1.82, 2.24) is 9.97 Å². The Kier molecular flexibility index (Phi) is 2.18. The molecule has 15 heavy (non-hydrogen) atoms. The molecule has 0 bridgehead atoms. The van der Waals surface area contributed by atoms with Crippen LogP contribution in [0.1, 0.15) is 36.1 Å². The van der Waals surface area contributed by atoms with Crippen LogP contribution in [0.25, 0.3) is 10.2 Å². The molecule has 4 heteroatoms. The van der Waals surface area contributed by atoms with Crippen LogP contribution in [0, 0.1) is 0 Å². The Labute approximate surface area is 97.3 Å². The third kappa shape index (κ3) is 1.37. The van der Waals surface area contributed by atoms with E-state index in [1.165, 1.54) is 29.7 Å². The monoisotopic (exact) mass is 238 g/mol. The number of hydrogen-bond acceptors (Lipinski definition) is 3. The molecule has 2 aromatic heterocycles. The van der Waals surface area contributed by atoms with Crippen molar-refractivity contribution < 1.29 is 0 Å². The predicted octanol–water partition coefficient (Wildman–Crippen LogP) is 3.78. The van der Waals surface area contributed by atoms with E-state index in [1.807, 2.05) is 0 Å². The van der Waals surface area contributed by atoms with E-state index >= 15 is 0 Å². The van der Waals surface area contributed by atoms with Gasteiger partial charge < -0.3 is 0 Å². The summed E-state index contributed by atoms with van der Waals surface area (Å²) in [5.41, 5.74) is 1.41. The summed E-state index contributed by atoms with van der Waals surface area (Å²) in [5, 5.41) is 1.72. The molecule has 1 aliphatic carbocycles. The molecular formula is C11H11ClN2S. The molecule has 0 radical (unpaired) electrons. The molecule has 0 aromatic carbocycles. The highest BCUT2D eigenvalue weighted by atomic mass is 35.5. The van der Waals surface area contributed by atoms with Crippen molar-refractivity contribution >= 4 is 33.2 Å². The minimum absolute atomic E-state index is 0.603. The van der Waals surface area contributed by atoms with Crippen LogP contribution < -0.4 is 0 Å². The molecule has 0 amide bonds. The molecule has 0 spiro atoms. The van der Waals surface area contributed by atoms with Gasteiger partial charge >= 0.3 is 0 Å². The lowest BCUT2D eigenvalue weighted by atomic mass is 9.88. The molecule has 0 aliphatic heterocycles. The fourth-order valence-electron chi connectivity index (χ4n) is 2.38. The van der Waals surface area contributed by atoms with E-state index in [0.717, 1.165) is 10.2 Å². The van der Waals surface area contributed by atoms with Gasteiger partial charge in [0.2, 0.25) is 0 Å². The van der Waals surface area contributed by atoms with E-state index < -0.39 is 0 Å². The number of aromatic nitrogens is 2. The van der Waals surface area contributed by atoms with Gasteiger partial charge in [-0.15, -0.1) is 11.3 Å². The van der Waals surface area contributed by atoms with Gasteiger partial charge in [0.15, 0.2) is 0 Å². The largest absolute Gasteiger partial charge is 0.225 e. The maximum absolute atomic E-state index is 6.16. The third-order valence-corrected chi connectivity index (χ3v) is 4.55. The number of rotatable bonds is 0. The number of thiophene rings is 1. The molecule has 0 saturated carbocycles. The van der Waals surface area contributed by atoms with Crippen molar-refractivity contribution in [2.24, 2.45) is 0 Å². The van der Waals surface area contributed by atoms with Crippen LogP contribution in [-0.4, -0.2) is 9.97 Å². The standard InChI is InChI=1S/C11H11ClN2S/c1-6-3-2-4-7-8(6)9-10(12)13-5-14-11(9)15-7/h5-6H,2-4H2,1H3. The van der Waals surface area contributed by atoms with E-state index in [2.05, 4.69) is 16.9 Å². The smallest absolute Gasteiger partial charge is 0.141 e. The highest BCUT2D eigenvalue weighted by Gasteiger charge is 2.23. The summed E-state index contributed by atoms with van der Waals surface area (Å²) in [7, 11) is 0. The van der Waals surface area contributed by atoms with E-state index in [9.17, 15) is 0 Å². The van der Waals surface area contributed by atoms with Gasteiger partial charge in [0.05, 0.1) is 5.39 Å². The van der Waals surface area contributed by atoms with E-state index in [-0.39, 0.29) is 0 Å². The normalized spacial score (nSPS) is 20.5. The summed E-state index contributed by atoms with van der Waals surface area (Å²) in [6.45, 7) is 2.27. The van der Waals surface area contributed by atoms with Crippen LogP contribution in [0.4, 0.5) is 0 Å². The molecule has 0 saturated heterocycles. The maximum Gasteiger partial charge on any atom is 0.141 e. The molecule has 2 aromatic rings. The first-order valence-electron chi connectivity index (χ1n) is 5.19. The SMILES string of the molecule is CC1CCCc2sc3ncnc(Cl)c3c21. The number of aryl methyl sites for hydroxylation is 1. The summed E-state index contributed by atoms with van der Waals surface area (Å²) in [6.07, 6.45) is 5.27. The average molecular weight is 239 g/mol. The molecule has 2 heterocycles. The van der Waals surface area contributed by atoms with Gasteiger partial charge in [-0.05, 0) is 30.7 Å². The van der Waals surface area contributed by atoms with Crippen LogP contribution in [0.15, 0.2) is 6.33 Å². The zero-order chi connectivity index (χ0) is 10.4. The van der Waals surface area contributed by atoms with Crippen molar-refractivity contribution in [3.05, 3.63) is 21.9 Å². The van der Waals surface area contributed by atoms with Gasteiger partial charge in [-0.2, -0.15) is 0 Å². The molecular weight excluding hydrogens is 228 g/mol. The van der Waals surface area contributed by atoms with Gasteiger partial charge in [0.25, 0.3) is 0 Å². The number of nitrogens with zero attached hydrogens (tertiary/aromatic N) is 2. The summed E-state index contributed by atoms with van der Waals surface area (Å²) >= 11 is 7.94. The van der Waals surface area contributed by atoms with Gasteiger partial charge in [0.1, 0.15) is 16.3 Å². The lowest BCUT2D eigenvalue weighted by molar-refractivity contribution is 0.602. The van der Waals surface area contributed by atoms with Crippen molar-refractivity contribution in [3.8, 4) is 0 Å². The van der Waals surface area contributed by atoms with Crippen LogP contribution in [-0.2, 0) is 6.42 Å². The Morgan fingerprint density at radius 3 is 3.20 bits per heavy atom. The van der Waals surface area contributed by atoms with Crippen molar-refractivity contribution in [2.75, 3.05) is 0 Å². The van der Waals surface area contributed by atoms with E-state index in [1.54, 1.807) is 17.7 Å². The Balaban J connectivity index is 2.38. The number of hydrogen-bond donors (Lipinski definition) is 0. The zero-order valence-corrected chi connectivity index (χ0v) is 10.0. The maximum atomic E-state index is 6.16. The summed E-state index contributed by atoms with van der Waals surface area (Å²) < 4.78 is 0. The minimum atomic E-state index is 0.603. The molecule has 0 fully saturated rings. The Bertz CT molecular complexity index is 521. The zero-order valence-electron chi connectivity index (χ0n) is 8.46. The first-order chi connectivity index (χ1) is 7.27. The third-order valence-electron chi connectivity index (χ3n) is 3.09. The van der Waals surface area contributed by atoms with Crippen LogP contribution >= 0.6 is 22.9 Å². The molecule has 1 aliphatic rings. The van der Waals surface area contributed by atoms with Crippen LogP contribution in [0.3, 0.4) is 0 Å². The molecule has 2 nitrogen and oxygen atoms in total. The second kappa shape index (κ2) is 3.42. The molecule has 78 valence electrons. The number of fused-ring (bicyclic) bond motifs is 3. The van der Waals surface area contributed by atoms with E-state index in [4.69, 9.17) is 11.6 Å².